The first-order valence-electron chi connectivity index (χ1n) is 4.73. The topological polar surface area (TPSA) is 139 Å². The van der Waals surface area contributed by atoms with Crippen LogP contribution in [0.3, 0.4) is 0 Å². The van der Waals surface area contributed by atoms with Gasteiger partial charge in [-0.3, -0.25) is 0 Å². The number of nitrogens with two attached hydrogens (primary N) is 1. The quantitative estimate of drug-likeness (QED) is 0.233. The van der Waals surface area contributed by atoms with Crippen molar-refractivity contribution < 1.29 is 22.0 Å². The van der Waals surface area contributed by atoms with Crippen LogP contribution in [-0.2, 0) is 19.9 Å². The van der Waals surface area contributed by atoms with Gasteiger partial charge < -0.3 is 10.9 Å². The van der Waals surface area contributed by atoms with Gasteiger partial charge in [0, 0.05) is 18.7 Å². The molecular weight excluding hydrogens is 270 g/mol. The van der Waals surface area contributed by atoms with Gasteiger partial charge in [-0.25, -0.2) is 21.6 Å². The molecule has 17 heavy (non-hydrogen) atoms. The van der Waals surface area contributed by atoms with Gasteiger partial charge in [0.1, 0.15) is 5.84 Å². The van der Waals surface area contributed by atoms with Crippen molar-refractivity contribution in [3.05, 3.63) is 0 Å². The maximum Gasteiger partial charge on any atom is 0.226 e. The van der Waals surface area contributed by atoms with E-state index < -0.39 is 31.0 Å². The third kappa shape index (κ3) is 7.94. The molecule has 0 aliphatic carbocycles. The van der Waals surface area contributed by atoms with Crippen molar-refractivity contribution in [2.45, 2.75) is 25.8 Å². The van der Waals surface area contributed by atoms with Crippen molar-refractivity contribution in [3.63, 3.8) is 0 Å². The highest BCUT2D eigenvalue weighted by atomic mass is 32.3. The zero-order valence-electron chi connectivity index (χ0n) is 9.62. The van der Waals surface area contributed by atoms with Crippen LogP contribution in [-0.4, -0.2) is 45.3 Å². The molecule has 10 heteroatoms. The Labute approximate surface area is 101 Å². The molecule has 0 saturated heterocycles. The molecule has 0 rings (SSSR count). The molecule has 102 valence electrons. The Bertz CT molecular complexity index is 468. The lowest BCUT2D eigenvalue weighted by molar-refractivity contribution is 0.316. The SMILES string of the molecule is CCC(CC(N)=NO)NS(=O)(=O)CS(C)(=O)=O. The fourth-order valence-corrected chi connectivity index (χ4v) is 4.42. The van der Waals surface area contributed by atoms with Crippen molar-refractivity contribution in [1.82, 2.24) is 4.72 Å². The number of amidine groups is 1. The van der Waals surface area contributed by atoms with Crippen LogP contribution < -0.4 is 10.5 Å². The van der Waals surface area contributed by atoms with E-state index in [2.05, 4.69) is 9.88 Å². The van der Waals surface area contributed by atoms with E-state index in [1.54, 1.807) is 6.92 Å². The molecule has 0 aromatic heterocycles. The Kier molecular flexibility index (Phi) is 5.85. The van der Waals surface area contributed by atoms with Crippen molar-refractivity contribution in [3.8, 4) is 0 Å². The summed E-state index contributed by atoms with van der Waals surface area (Å²) in [5, 5.41) is 10.1. The van der Waals surface area contributed by atoms with Crippen molar-refractivity contribution in [2.24, 2.45) is 10.9 Å². The lowest BCUT2D eigenvalue weighted by Crippen LogP contribution is -2.40. The van der Waals surface area contributed by atoms with E-state index in [0.29, 0.717) is 6.42 Å². The first-order valence-corrected chi connectivity index (χ1v) is 8.45. The molecule has 4 N–H and O–H groups in total. The molecule has 0 aromatic rings. The molecule has 0 aliphatic rings. The van der Waals surface area contributed by atoms with Gasteiger partial charge in [0.15, 0.2) is 14.9 Å². The van der Waals surface area contributed by atoms with Crippen LogP contribution in [0.5, 0.6) is 0 Å². The number of nitrogens with zero attached hydrogens (tertiary/aromatic N) is 1. The molecule has 8 nitrogen and oxygen atoms in total. The van der Waals surface area contributed by atoms with E-state index in [0.717, 1.165) is 6.26 Å². The second kappa shape index (κ2) is 6.17. The van der Waals surface area contributed by atoms with Gasteiger partial charge in [0.05, 0.1) is 0 Å². The highest BCUT2D eigenvalue weighted by Crippen LogP contribution is 2.02. The first-order chi connectivity index (χ1) is 7.59. The second-order valence-corrected chi connectivity index (χ2v) is 7.94. The highest BCUT2D eigenvalue weighted by molar-refractivity contribution is 8.06. The average molecular weight is 287 g/mol. The minimum Gasteiger partial charge on any atom is -0.409 e. The van der Waals surface area contributed by atoms with Gasteiger partial charge in [-0.1, -0.05) is 12.1 Å². The minimum absolute atomic E-state index is 0.00991. The summed E-state index contributed by atoms with van der Waals surface area (Å²) in [6.07, 6.45) is 1.23. The Morgan fingerprint density at radius 1 is 1.41 bits per heavy atom. The molecular formula is C7H17N3O5S2. The third-order valence-corrected chi connectivity index (χ3v) is 5.44. The molecule has 0 fully saturated rings. The molecule has 0 heterocycles. The van der Waals surface area contributed by atoms with Crippen molar-refractivity contribution in [1.29, 1.82) is 0 Å². The zero-order chi connectivity index (χ0) is 13.7. The predicted octanol–water partition coefficient (Wildman–Crippen LogP) is -1.18. The Hall–Kier alpha value is -0.870. The van der Waals surface area contributed by atoms with E-state index in [-0.39, 0.29) is 12.3 Å². The Balaban J connectivity index is 4.68. The van der Waals surface area contributed by atoms with Crippen LogP contribution in [0.1, 0.15) is 19.8 Å². The number of sulfonamides is 1. The molecule has 0 amide bonds. The van der Waals surface area contributed by atoms with Gasteiger partial charge in [0.25, 0.3) is 0 Å². The summed E-state index contributed by atoms with van der Waals surface area (Å²) in [6, 6.07) is -0.599. The van der Waals surface area contributed by atoms with Gasteiger partial charge in [-0.05, 0) is 6.42 Å². The zero-order valence-corrected chi connectivity index (χ0v) is 11.3. The van der Waals surface area contributed by atoms with Crippen molar-refractivity contribution >= 4 is 25.7 Å². The summed E-state index contributed by atoms with van der Waals surface area (Å²) in [4.78, 5) is 0. The van der Waals surface area contributed by atoms with Crippen LogP contribution in [0, 0.1) is 0 Å². The van der Waals surface area contributed by atoms with Crippen LogP contribution >= 0.6 is 0 Å². The summed E-state index contributed by atoms with van der Waals surface area (Å²) < 4.78 is 46.9. The van der Waals surface area contributed by atoms with Crippen LogP contribution in [0.15, 0.2) is 5.16 Å². The number of hydrogen-bond acceptors (Lipinski definition) is 6. The van der Waals surface area contributed by atoms with Gasteiger partial charge in [-0.15, -0.1) is 0 Å². The smallest absolute Gasteiger partial charge is 0.226 e. The monoisotopic (exact) mass is 287 g/mol. The summed E-state index contributed by atoms with van der Waals surface area (Å²) in [6.45, 7) is 1.69. The van der Waals surface area contributed by atoms with E-state index in [4.69, 9.17) is 10.9 Å². The molecule has 0 aromatic carbocycles. The van der Waals surface area contributed by atoms with Crippen LogP contribution in [0.25, 0.3) is 0 Å². The molecule has 0 spiro atoms. The number of oxime groups is 1. The number of hydrogen-bond donors (Lipinski definition) is 3. The van der Waals surface area contributed by atoms with E-state index in [9.17, 15) is 16.8 Å². The Morgan fingerprint density at radius 2 is 1.94 bits per heavy atom. The largest absolute Gasteiger partial charge is 0.409 e. The fraction of sp³-hybridized carbons (Fsp3) is 0.857. The van der Waals surface area contributed by atoms with E-state index in [1.165, 1.54) is 0 Å². The summed E-state index contributed by atoms with van der Waals surface area (Å²) in [5.41, 5.74) is 5.24. The van der Waals surface area contributed by atoms with Crippen molar-refractivity contribution in [2.75, 3.05) is 11.3 Å². The lowest BCUT2D eigenvalue weighted by atomic mass is 10.1. The van der Waals surface area contributed by atoms with Gasteiger partial charge >= 0.3 is 0 Å². The average Bonchev–Trinajstić information content (AvgIpc) is 2.12. The summed E-state index contributed by atoms with van der Waals surface area (Å²) in [7, 11) is -7.57. The molecule has 0 saturated carbocycles. The second-order valence-electron chi connectivity index (χ2n) is 3.68. The van der Waals surface area contributed by atoms with Gasteiger partial charge in [0.2, 0.25) is 10.0 Å². The van der Waals surface area contributed by atoms with E-state index >= 15 is 0 Å². The predicted molar refractivity (Wildman–Crippen MR) is 63.9 cm³/mol. The summed E-state index contributed by atoms with van der Waals surface area (Å²) >= 11 is 0. The third-order valence-electron chi connectivity index (χ3n) is 1.79. The summed E-state index contributed by atoms with van der Waals surface area (Å²) in [5.74, 6) is -0.126. The Morgan fingerprint density at radius 3 is 2.29 bits per heavy atom. The standard InChI is InChI=1S/C7H17N3O5S2/c1-3-6(4-7(8)9-11)10-17(14,15)5-16(2,12)13/h6,10-11H,3-5H2,1-2H3,(H2,8,9). The maximum absolute atomic E-state index is 11.5. The van der Waals surface area contributed by atoms with Gasteiger partial charge in [-0.2, -0.15) is 0 Å². The van der Waals surface area contributed by atoms with E-state index in [1.807, 2.05) is 0 Å². The van der Waals surface area contributed by atoms with Crippen LogP contribution in [0.4, 0.5) is 0 Å². The minimum atomic E-state index is -3.93. The first kappa shape index (κ1) is 16.1. The highest BCUT2D eigenvalue weighted by Gasteiger charge is 2.22. The molecule has 0 bridgehead atoms. The molecule has 1 unspecified atom stereocenters. The number of rotatable bonds is 7. The normalized spacial score (nSPS) is 15.8. The fourth-order valence-electron chi connectivity index (χ4n) is 1.13. The lowest BCUT2D eigenvalue weighted by Gasteiger charge is -2.15. The molecule has 0 radical (unpaired) electrons. The van der Waals surface area contributed by atoms with Crippen LogP contribution in [0.2, 0.25) is 0 Å². The number of nitrogens with one attached hydrogen (secondary N) is 1. The molecule has 1 atom stereocenters. The maximum atomic E-state index is 11.5. The number of sulfone groups is 1. The molecule has 0 aliphatic heterocycles.